The molecule has 22 heavy (non-hydrogen) atoms. The maximum Gasteiger partial charge on any atom is 0.232 e. The van der Waals surface area contributed by atoms with Crippen molar-refractivity contribution in [2.24, 2.45) is 5.41 Å². The first-order chi connectivity index (χ1) is 10.5. The van der Waals surface area contributed by atoms with Crippen LogP contribution in [0.4, 0.5) is 0 Å². The third-order valence-electron chi connectivity index (χ3n) is 4.19. The molecule has 1 amide bonds. The number of carbonyl (C=O) groups excluding carboxylic acids is 1. The maximum atomic E-state index is 12.2. The van der Waals surface area contributed by atoms with Crippen molar-refractivity contribution in [3.63, 3.8) is 0 Å². The van der Waals surface area contributed by atoms with Gasteiger partial charge >= 0.3 is 0 Å². The number of rotatable bonds is 4. The number of ether oxygens (including phenoxy) is 2. The Morgan fingerprint density at radius 2 is 1.82 bits per heavy atom. The Morgan fingerprint density at radius 1 is 1.18 bits per heavy atom. The lowest BCUT2D eigenvalue weighted by Gasteiger charge is -2.54. The molecule has 2 aliphatic rings. The van der Waals surface area contributed by atoms with Crippen LogP contribution in [0, 0.1) is 5.41 Å². The second-order valence-corrected chi connectivity index (χ2v) is 7.69. The Morgan fingerprint density at radius 3 is 2.45 bits per heavy atom. The third-order valence-corrected chi connectivity index (χ3v) is 5.18. The molecule has 1 spiro atoms. The van der Waals surface area contributed by atoms with E-state index in [0.29, 0.717) is 19.0 Å². The molecule has 0 saturated carbocycles. The lowest BCUT2D eigenvalue weighted by Crippen LogP contribution is -2.66. The molecule has 0 bridgehead atoms. The number of hydrogen-bond acceptors (Lipinski definition) is 4. The second kappa shape index (κ2) is 6.22. The molecular formula is C17H23NO3S. The van der Waals surface area contributed by atoms with E-state index < -0.39 is 5.79 Å². The Kier molecular flexibility index (Phi) is 4.48. The summed E-state index contributed by atoms with van der Waals surface area (Å²) in [5.74, 6) is 1.15. The zero-order chi connectivity index (χ0) is 15.6. The molecule has 0 aliphatic carbocycles. The van der Waals surface area contributed by atoms with Crippen LogP contribution in [0.5, 0.6) is 0 Å². The topological polar surface area (TPSA) is 38.8 Å². The Hall–Kier alpha value is -1.04. The van der Waals surface area contributed by atoms with Crippen LogP contribution in [0.2, 0.25) is 0 Å². The van der Waals surface area contributed by atoms with E-state index in [1.54, 1.807) is 11.8 Å². The van der Waals surface area contributed by atoms with Gasteiger partial charge in [0, 0.05) is 18.8 Å². The van der Waals surface area contributed by atoms with Crippen LogP contribution in [0.1, 0.15) is 19.4 Å². The molecule has 0 unspecified atom stereocenters. The van der Waals surface area contributed by atoms with Gasteiger partial charge in [0.15, 0.2) is 5.79 Å². The molecule has 1 aromatic rings. The summed E-state index contributed by atoms with van der Waals surface area (Å²) >= 11 is 1.67. The number of carbonyl (C=O) groups is 1. The molecule has 0 aromatic heterocycles. The van der Waals surface area contributed by atoms with Gasteiger partial charge in [0.2, 0.25) is 5.91 Å². The number of likely N-dealkylation sites (tertiary alicyclic amines) is 1. The molecule has 4 nitrogen and oxygen atoms in total. The van der Waals surface area contributed by atoms with E-state index in [2.05, 4.69) is 12.1 Å². The van der Waals surface area contributed by atoms with E-state index in [1.165, 1.54) is 5.56 Å². The zero-order valence-electron chi connectivity index (χ0n) is 13.2. The highest BCUT2D eigenvalue weighted by atomic mass is 32.2. The summed E-state index contributed by atoms with van der Waals surface area (Å²) in [5.41, 5.74) is 1.28. The number of amides is 1. The molecule has 2 fully saturated rings. The van der Waals surface area contributed by atoms with Gasteiger partial charge in [-0.05, 0) is 19.4 Å². The van der Waals surface area contributed by atoms with Crippen LogP contribution in [0.3, 0.4) is 0 Å². The molecule has 0 atom stereocenters. The average Bonchev–Trinajstić information content (AvgIpc) is 2.46. The molecule has 3 rings (SSSR count). The van der Waals surface area contributed by atoms with Gasteiger partial charge in [-0.25, -0.2) is 0 Å². The fourth-order valence-electron chi connectivity index (χ4n) is 2.78. The van der Waals surface area contributed by atoms with Crippen molar-refractivity contribution in [1.29, 1.82) is 0 Å². The summed E-state index contributed by atoms with van der Waals surface area (Å²) < 4.78 is 11.4. The fourth-order valence-corrected chi connectivity index (χ4v) is 3.67. The van der Waals surface area contributed by atoms with E-state index in [0.717, 1.165) is 18.8 Å². The molecule has 2 saturated heterocycles. The lowest BCUT2D eigenvalue weighted by molar-refractivity contribution is -0.302. The first-order valence-corrected chi connectivity index (χ1v) is 8.81. The van der Waals surface area contributed by atoms with Gasteiger partial charge in [0.05, 0.1) is 24.4 Å². The fraction of sp³-hybridized carbons (Fsp3) is 0.588. The van der Waals surface area contributed by atoms with Crippen LogP contribution in [-0.4, -0.2) is 48.7 Å². The third kappa shape index (κ3) is 3.65. The number of hydrogen-bond donors (Lipinski definition) is 0. The molecule has 0 radical (unpaired) electrons. The predicted molar refractivity (Wildman–Crippen MR) is 87.6 cm³/mol. The molecule has 1 aromatic carbocycles. The second-order valence-electron chi connectivity index (χ2n) is 6.71. The minimum Gasteiger partial charge on any atom is -0.350 e. The van der Waals surface area contributed by atoms with Crippen molar-refractivity contribution < 1.29 is 14.3 Å². The standard InChI is InChI=1S/C17H23NO3S/c1-16(2)20-12-17(13-21-16)10-18(11-17)15(19)9-22-8-14-6-4-3-5-7-14/h3-7H,8-13H2,1-2H3. The van der Waals surface area contributed by atoms with Gasteiger partial charge < -0.3 is 14.4 Å². The summed E-state index contributed by atoms with van der Waals surface area (Å²) in [6.07, 6.45) is 0. The molecular weight excluding hydrogens is 298 g/mol. The van der Waals surface area contributed by atoms with E-state index in [1.807, 2.05) is 36.9 Å². The quantitative estimate of drug-likeness (QED) is 0.854. The normalized spacial score (nSPS) is 22.4. The Bertz CT molecular complexity index is 514. The van der Waals surface area contributed by atoms with Crippen LogP contribution >= 0.6 is 11.8 Å². The number of thioether (sulfide) groups is 1. The highest BCUT2D eigenvalue weighted by Crippen LogP contribution is 2.37. The molecule has 2 heterocycles. The van der Waals surface area contributed by atoms with Crippen molar-refractivity contribution in [1.82, 2.24) is 4.90 Å². The van der Waals surface area contributed by atoms with E-state index >= 15 is 0 Å². The predicted octanol–water partition coefficient (Wildman–Crippen LogP) is 2.53. The summed E-state index contributed by atoms with van der Waals surface area (Å²) in [6, 6.07) is 10.3. The van der Waals surface area contributed by atoms with Crippen molar-refractivity contribution >= 4 is 17.7 Å². The van der Waals surface area contributed by atoms with E-state index in [9.17, 15) is 4.79 Å². The molecule has 0 N–H and O–H groups in total. The minimum atomic E-state index is -0.485. The van der Waals surface area contributed by atoms with Gasteiger partial charge in [-0.2, -0.15) is 0 Å². The van der Waals surface area contributed by atoms with Crippen LogP contribution in [0.25, 0.3) is 0 Å². The summed E-state index contributed by atoms with van der Waals surface area (Å²) in [6.45, 7) is 6.74. The summed E-state index contributed by atoms with van der Waals surface area (Å²) in [4.78, 5) is 14.1. The van der Waals surface area contributed by atoms with Crippen molar-refractivity contribution in [2.45, 2.75) is 25.4 Å². The summed E-state index contributed by atoms with van der Waals surface area (Å²) in [7, 11) is 0. The SMILES string of the molecule is CC1(C)OCC2(CO1)CN(C(=O)CSCc1ccccc1)C2. The first-order valence-electron chi connectivity index (χ1n) is 7.66. The number of benzene rings is 1. The van der Waals surface area contributed by atoms with E-state index in [-0.39, 0.29) is 11.3 Å². The van der Waals surface area contributed by atoms with Crippen molar-refractivity contribution in [3.8, 4) is 0 Å². The van der Waals surface area contributed by atoms with Gasteiger partial charge in [0.25, 0.3) is 0 Å². The Balaban J connectivity index is 1.39. The summed E-state index contributed by atoms with van der Waals surface area (Å²) in [5, 5.41) is 0. The zero-order valence-corrected chi connectivity index (χ0v) is 14.0. The van der Waals surface area contributed by atoms with Crippen LogP contribution in [-0.2, 0) is 20.0 Å². The maximum absolute atomic E-state index is 12.2. The number of nitrogens with zero attached hydrogens (tertiary/aromatic N) is 1. The van der Waals surface area contributed by atoms with Gasteiger partial charge in [-0.3, -0.25) is 4.79 Å². The molecule has 2 aliphatic heterocycles. The highest BCUT2D eigenvalue weighted by Gasteiger charge is 2.49. The van der Waals surface area contributed by atoms with Gasteiger partial charge in [-0.15, -0.1) is 11.8 Å². The largest absolute Gasteiger partial charge is 0.350 e. The molecule has 5 heteroatoms. The molecule has 120 valence electrons. The lowest BCUT2D eigenvalue weighted by atomic mass is 9.80. The monoisotopic (exact) mass is 321 g/mol. The van der Waals surface area contributed by atoms with Crippen LogP contribution in [0.15, 0.2) is 30.3 Å². The van der Waals surface area contributed by atoms with E-state index in [4.69, 9.17) is 9.47 Å². The minimum absolute atomic E-state index is 0.0231. The van der Waals surface area contributed by atoms with Gasteiger partial charge in [0.1, 0.15) is 0 Å². The Labute approximate surface area is 136 Å². The van der Waals surface area contributed by atoms with Crippen LogP contribution < -0.4 is 0 Å². The highest BCUT2D eigenvalue weighted by molar-refractivity contribution is 7.99. The first kappa shape index (κ1) is 15.8. The van der Waals surface area contributed by atoms with Crippen molar-refractivity contribution in [2.75, 3.05) is 32.1 Å². The average molecular weight is 321 g/mol. The van der Waals surface area contributed by atoms with Crippen molar-refractivity contribution in [3.05, 3.63) is 35.9 Å². The smallest absolute Gasteiger partial charge is 0.232 e. The van der Waals surface area contributed by atoms with Gasteiger partial charge in [-0.1, -0.05) is 30.3 Å².